The van der Waals surface area contributed by atoms with E-state index in [2.05, 4.69) is 22.5 Å². The lowest BCUT2D eigenvalue weighted by Gasteiger charge is -2.20. The number of carbonyl (C=O) groups is 1. The topological polar surface area (TPSA) is 46.9 Å². The SMILES string of the molecule is Cc1cc(NC(=O)CC2CCCCC2)n(Cc2ccccc2)n1. The molecule has 0 radical (unpaired) electrons. The van der Waals surface area contributed by atoms with E-state index in [1.54, 1.807) is 0 Å². The number of benzene rings is 1. The summed E-state index contributed by atoms with van der Waals surface area (Å²) in [6.07, 6.45) is 6.87. The summed E-state index contributed by atoms with van der Waals surface area (Å²) in [5, 5.41) is 7.57. The fourth-order valence-electron chi connectivity index (χ4n) is 3.37. The number of anilines is 1. The molecule has 2 aromatic rings. The predicted octanol–water partition coefficient (Wildman–Crippen LogP) is 4.15. The minimum atomic E-state index is 0.117. The van der Waals surface area contributed by atoms with Crippen molar-refractivity contribution in [2.45, 2.75) is 52.0 Å². The Morgan fingerprint density at radius 2 is 1.96 bits per heavy atom. The molecule has 1 aliphatic carbocycles. The summed E-state index contributed by atoms with van der Waals surface area (Å²) in [5.74, 6) is 1.47. The molecule has 0 spiro atoms. The molecule has 0 unspecified atom stereocenters. The Balaban J connectivity index is 1.64. The van der Waals surface area contributed by atoms with Crippen molar-refractivity contribution in [1.82, 2.24) is 9.78 Å². The molecule has 1 fully saturated rings. The number of nitrogens with one attached hydrogen (secondary N) is 1. The Morgan fingerprint density at radius 1 is 1.22 bits per heavy atom. The highest BCUT2D eigenvalue weighted by Gasteiger charge is 2.18. The van der Waals surface area contributed by atoms with Gasteiger partial charge in [-0.2, -0.15) is 5.10 Å². The van der Waals surface area contributed by atoms with Gasteiger partial charge in [-0.3, -0.25) is 4.79 Å². The van der Waals surface area contributed by atoms with E-state index in [9.17, 15) is 4.79 Å². The Labute approximate surface area is 137 Å². The van der Waals surface area contributed by atoms with Crippen LogP contribution < -0.4 is 5.32 Å². The average Bonchev–Trinajstić information content (AvgIpc) is 2.88. The highest BCUT2D eigenvalue weighted by molar-refractivity contribution is 5.90. The number of amides is 1. The predicted molar refractivity (Wildman–Crippen MR) is 92.3 cm³/mol. The van der Waals surface area contributed by atoms with Crippen molar-refractivity contribution in [2.24, 2.45) is 5.92 Å². The van der Waals surface area contributed by atoms with Crippen LogP contribution in [-0.4, -0.2) is 15.7 Å². The van der Waals surface area contributed by atoms with E-state index >= 15 is 0 Å². The molecule has 0 aliphatic heterocycles. The van der Waals surface area contributed by atoms with Crippen molar-refractivity contribution in [3.8, 4) is 0 Å². The highest BCUT2D eigenvalue weighted by atomic mass is 16.1. The zero-order valence-corrected chi connectivity index (χ0v) is 13.8. The van der Waals surface area contributed by atoms with Crippen LogP contribution in [0, 0.1) is 12.8 Å². The average molecular weight is 311 g/mol. The monoisotopic (exact) mass is 311 g/mol. The van der Waals surface area contributed by atoms with Crippen LogP contribution in [0.25, 0.3) is 0 Å². The van der Waals surface area contributed by atoms with Gasteiger partial charge in [0.15, 0.2) is 0 Å². The number of carbonyl (C=O) groups excluding carboxylic acids is 1. The minimum Gasteiger partial charge on any atom is -0.311 e. The van der Waals surface area contributed by atoms with E-state index in [1.165, 1.54) is 37.7 Å². The molecule has 1 saturated carbocycles. The second-order valence-corrected chi connectivity index (χ2v) is 6.57. The van der Waals surface area contributed by atoms with Crippen molar-refractivity contribution in [3.05, 3.63) is 47.7 Å². The minimum absolute atomic E-state index is 0.117. The second kappa shape index (κ2) is 7.44. The van der Waals surface area contributed by atoms with Crippen LogP contribution in [0.15, 0.2) is 36.4 Å². The van der Waals surface area contributed by atoms with Crippen LogP contribution in [0.2, 0.25) is 0 Å². The molecule has 1 N–H and O–H groups in total. The molecule has 3 rings (SSSR count). The normalized spacial score (nSPS) is 15.5. The number of rotatable bonds is 5. The van der Waals surface area contributed by atoms with Gasteiger partial charge in [0.2, 0.25) is 5.91 Å². The third kappa shape index (κ3) is 4.44. The molecule has 0 atom stereocenters. The van der Waals surface area contributed by atoms with Crippen molar-refractivity contribution in [1.29, 1.82) is 0 Å². The van der Waals surface area contributed by atoms with E-state index in [-0.39, 0.29) is 5.91 Å². The van der Waals surface area contributed by atoms with E-state index in [1.807, 2.05) is 35.9 Å². The number of nitrogens with zero attached hydrogens (tertiary/aromatic N) is 2. The van der Waals surface area contributed by atoms with E-state index in [0.717, 1.165) is 11.5 Å². The van der Waals surface area contributed by atoms with E-state index < -0.39 is 0 Å². The van der Waals surface area contributed by atoms with Gasteiger partial charge in [0, 0.05) is 12.5 Å². The Kier molecular flexibility index (Phi) is 5.11. The van der Waals surface area contributed by atoms with Crippen LogP contribution in [-0.2, 0) is 11.3 Å². The van der Waals surface area contributed by atoms with Gasteiger partial charge in [-0.1, -0.05) is 49.6 Å². The molecular formula is C19H25N3O. The number of hydrogen-bond donors (Lipinski definition) is 1. The first-order valence-electron chi connectivity index (χ1n) is 8.59. The molecule has 4 heteroatoms. The molecule has 1 heterocycles. The smallest absolute Gasteiger partial charge is 0.225 e. The van der Waals surface area contributed by atoms with Gasteiger partial charge >= 0.3 is 0 Å². The summed E-state index contributed by atoms with van der Waals surface area (Å²) in [6, 6.07) is 12.1. The quantitative estimate of drug-likeness (QED) is 0.901. The zero-order chi connectivity index (χ0) is 16.1. The molecule has 1 aromatic heterocycles. The van der Waals surface area contributed by atoms with Crippen LogP contribution in [0.1, 0.15) is 49.8 Å². The third-order valence-electron chi connectivity index (χ3n) is 4.54. The first kappa shape index (κ1) is 15.8. The zero-order valence-electron chi connectivity index (χ0n) is 13.8. The molecule has 4 nitrogen and oxygen atoms in total. The first-order valence-corrected chi connectivity index (χ1v) is 8.59. The summed E-state index contributed by atoms with van der Waals surface area (Å²) < 4.78 is 1.88. The highest BCUT2D eigenvalue weighted by Crippen LogP contribution is 2.26. The first-order chi connectivity index (χ1) is 11.2. The molecule has 0 bridgehead atoms. The second-order valence-electron chi connectivity index (χ2n) is 6.57. The van der Waals surface area contributed by atoms with Crippen LogP contribution in [0.5, 0.6) is 0 Å². The van der Waals surface area contributed by atoms with Crippen molar-refractivity contribution in [3.63, 3.8) is 0 Å². The molecule has 0 saturated heterocycles. The number of aryl methyl sites for hydroxylation is 1. The van der Waals surface area contributed by atoms with Gasteiger partial charge < -0.3 is 5.32 Å². The molecule has 23 heavy (non-hydrogen) atoms. The largest absolute Gasteiger partial charge is 0.311 e. The van der Waals surface area contributed by atoms with Gasteiger partial charge in [-0.25, -0.2) is 4.68 Å². The summed E-state index contributed by atoms with van der Waals surface area (Å²) in [6.45, 7) is 2.63. The van der Waals surface area contributed by atoms with Crippen molar-refractivity contribution in [2.75, 3.05) is 5.32 Å². The fourth-order valence-corrected chi connectivity index (χ4v) is 3.37. The molecule has 1 aromatic carbocycles. The van der Waals surface area contributed by atoms with E-state index in [4.69, 9.17) is 0 Å². The van der Waals surface area contributed by atoms with Crippen molar-refractivity contribution < 1.29 is 4.79 Å². The number of hydrogen-bond acceptors (Lipinski definition) is 2. The van der Waals surface area contributed by atoms with Gasteiger partial charge in [-0.15, -0.1) is 0 Å². The summed E-state index contributed by atoms with van der Waals surface area (Å²) in [4.78, 5) is 12.3. The Hall–Kier alpha value is -2.10. The van der Waals surface area contributed by atoms with Gasteiger partial charge in [0.05, 0.1) is 12.2 Å². The van der Waals surface area contributed by atoms with Gasteiger partial charge in [-0.05, 0) is 31.2 Å². The van der Waals surface area contributed by atoms with Crippen LogP contribution in [0.3, 0.4) is 0 Å². The molecule has 122 valence electrons. The lowest BCUT2D eigenvalue weighted by atomic mass is 9.87. The van der Waals surface area contributed by atoms with Crippen molar-refractivity contribution >= 4 is 11.7 Å². The maximum atomic E-state index is 12.3. The summed E-state index contributed by atoms with van der Waals surface area (Å²) in [5.41, 5.74) is 2.10. The fraction of sp³-hybridized carbons (Fsp3) is 0.474. The maximum Gasteiger partial charge on any atom is 0.225 e. The molecular weight excluding hydrogens is 286 g/mol. The lowest BCUT2D eigenvalue weighted by Crippen LogP contribution is -2.20. The van der Waals surface area contributed by atoms with Gasteiger partial charge in [0.25, 0.3) is 0 Å². The van der Waals surface area contributed by atoms with Crippen LogP contribution >= 0.6 is 0 Å². The summed E-state index contributed by atoms with van der Waals surface area (Å²) in [7, 11) is 0. The van der Waals surface area contributed by atoms with Gasteiger partial charge in [0.1, 0.15) is 5.82 Å². The summed E-state index contributed by atoms with van der Waals surface area (Å²) >= 11 is 0. The van der Waals surface area contributed by atoms with E-state index in [0.29, 0.717) is 18.9 Å². The third-order valence-corrected chi connectivity index (χ3v) is 4.54. The Morgan fingerprint density at radius 3 is 2.70 bits per heavy atom. The molecule has 1 amide bonds. The maximum absolute atomic E-state index is 12.3. The lowest BCUT2D eigenvalue weighted by molar-refractivity contribution is -0.117. The molecule has 1 aliphatic rings. The Bertz CT molecular complexity index is 642. The van der Waals surface area contributed by atoms with Crippen LogP contribution in [0.4, 0.5) is 5.82 Å². The number of aromatic nitrogens is 2. The standard InChI is InChI=1S/C19H25N3O/c1-15-12-18(20-19(23)13-16-8-4-2-5-9-16)22(21-15)14-17-10-6-3-7-11-17/h3,6-7,10-12,16H,2,4-5,8-9,13-14H2,1H3,(H,20,23).